The molecule has 0 aromatic carbocycles. The number of unbranched alkanes of at least 4 members (excludes halogenated alkanes) is 3. The molecule has 2 atom stereocenters. The van der Waals surface area contributed by atoms with E-state index in [2.05, 4.69) is 13.8 Å². The molecule has 0 aliphatic rings. The Balaban J connectivity index is 3.61. The third-order valence-corrected chi connectivity index (χ3v) is 4.43. The van der Waals surface area contributed by atoms with Crippen LogP contribution in [0.2, 0.25) is 0 Å². The van der Waals surface area contributed by atoms with Crippen molar-refractivity contribution in [3.63, 3.8) is 0 Å². The van der Waals surface area contributed by atoms with Gasteiger partial charge in [0.25, 0.3) is 5.91 Å². The van der Waals surface area contributed by atoms with Crippen LogP contribution in [0.1, 0.15) is 78.1 Å². The zero-order valence-electron chi connectivity index (χ0n) is 16.4. The number of hydrogen-bond donors (Lipinski definition) is 4. The molecule has 26 heavy (non-hydrogen) atoms. The summed E-state index contributed by atoms with van der Waals surface area (Å²) in [6.07, 6.45) is 7.86. The normalized spacial score (nSPS) is 13.7. The maximum Gasteiger partial charge on any atom is 0.265 e. The second-order valence-electron chi connectivity index (χ2n) is 7.47. The highest BCUT2D eigenvalue weighted by molar-refractivity contribution is 5.82. The molecule has 0 fully saturated rings. The van der Waals surface area contributed by atoms with E-state index in [0.29, 0.717) is 17.4 Å². The second-order valence-corrected chi connectivity index (χ2v) is 7.47. The standard InChI is InChI=1S/C19H38N2O5/c1-15(2)8-7-11-16(23)9-5-3-4-6-10-17(24)12-13-21(26)19(25)18(20)14-22/h15-16,18,22-23,26H,3-14,20H2,1-2H3/t16-,18+/m1/s1. The van der Waals surface area contributed by atoms with Gasteiger partial charge in [-0.2, -0.15) is 0 Å². The average molecular weight is 375 g/mol. The number of nitrogens with zero attached hydrogens (tertiary/aromatic N) is 1. The van der Waals surface area contributed by atoms with Gasteiger partial charge in [0.15, 0.2) is 0 Å². The number of aliphatic hydroxyl groups excluding tert-OH is 2. The lowest BCUT2D eigenvalue weighted by atomic mass is 10.0. The van der Waals surface area contributed by atoms with Gasteiger partial charge in [0.2, 0.25) is 0 Å². The maximum atomic E-state index is 11.8. The Morgan fingerprint density at radius 1 is 0.962 bits per heavy atom. The van der Waals surface area contributed by atoms with Gasteiger partial charge in [-0.3, -0.25) is 14.8 Å². The molecule has 0 unspecified atom stereocenters. The molecule has 0 aromatic rings. The van der Waals surface area contributed by atoms with Crippen LogP contribution in [0.25, 0.3) is 0 Å². The van der Waals surface area contributed by atoms with Crippen LogP contribution in [0.15, 0.2) is 0 Å². The molecule has 0 aliphatic heterocycles. The lowest BCUT2D eigenvalue weighted by Crippen LogP contribution is -2.44. The van der Waals surface area contributed by atoms with E-state index in [-0.39, 0.29) is 24.9 Å². The first-order valence-electron chi connectivity index (χ1n) is 9.84. The monoisotopic (exact) mass is 374 g/mol. The van der Waals surface area contributed by atoms with E-state index >= 15 is 0 Å². The van der Waals surface area contributed by atoms with Crippen molar-refractivity contribution in [2.75, 3.05) is 13.2 Å². The van der Waals surface area contributed by atoms with Crippen LogP contribution in [-0.2, 0) is 9.59 Å². The van der Waals surface area contributed by atoms with E-state index < -0.39 is 18.6 Å². The van der Waals surface area contributed by atoms with Crippen molar-refractivity contribution >= 4 is 11.7 Å². The molecule has 0 saturated heterocycles. The van der Waals surface area contributed by atoms with Gasteiger partial charge in [0.1, 0.15) is 11.8 Å². The van der Waals surface area contributed by atoms with Crippen LogP contribution in [0, 0.1) is 5.92 Å². The number of carbonyl (C=O) groups excluding carboxylic acids is 2. The van der Waals surface area contributed by atoms with Crippen LogP contribution in [0.5, 0.6) is 0 Å². The molecule has 5 N–H and O–H groups in total. The largest absolute Gasteiger partial charge is 0.394 e. The molecule has 0 rings (SSSR count). The summed E-state index contributed by atoms with van der Waals surface area (Å²) >= 11 is 0. The number of hydroxylamine groups is 2. The molecule has 0 bridgehead atoms. The van der Waals surface area contributed by atoms with Crippen molar-refractivity contribution in [2.24, 2.45) is 11.7 Å². The Kier molecular flexibility index (Phi) is 14.5. The highest BCUT2D eigenvalue weighted by Gasteiger charge is 2.19. The molecule has 0 aromatic heterocycles. The summed E-state index contributed by atoms with van der Waals surface area (Å²) in [5, 5.41) is 28.5. The van der Waals surface area contributed by atoms with E-state index in [4.69, 9.17) is 10.8 Å². The number of nitrogens with two attached hydrogens (primary N) is 1. The molecule has 154 valence electrons. The molecule has 0 spiro atoms. The van der Waals surface area contributed by atoms with E-state index in [0.717, 1.165) is 51.4 Å². The number of ketones is 1. The van der Waals surface area contributed by atoms with Crippen molar-refractivity contribution in [1.29, 1.82) is 0 Å². The van der Waals surface area contributed by atoms with Gasteiger partial charge in [-0.1, -0.05) is 46.0 Å². The Morgan fingerprint density at radius 2 is 1.58 bits per heavy atom. The van der Waals surface area contributed by atoms with Crippen LogP contribution in [-0.4, -0.2) is 57.5 Å². The molecule has 1 amide bonds. The van der Waals surface area contributed by atoms with Crippen molar-refractivity contribution in [3.8, 4) is 0 Å². The minimum absolute atomic E-state index is 0.0110. The summed E-state index contributed by atoms with van der Waals surface area (Å²) < 4.78 is 0. The molecular weight excluding hydrogens is 336 g/mol. The Bertz CT molecular complexity index is 390. The van der Waals surface area contributed by atoms with Gasteiger partial charge < -0.3 is 15.9 Å². The molecule has 0 aliphatic carbocycles. The minimum Gasteiger partial charge on any atom is -0.394 e. The highest BCUT2D eigenvalue weighted by atomic mass is 16.5. The molecule has 7 nitrogen and oxygen atoms in total. The van der Waals surface area contributed by atoms with Crippen LogP contribution >= 0.6 is 0 Å². The summed E-state index contributed by atoms with van der Waals surface area (Å²) in [5.74, 6) is -0.113. The molecular formula is C19H38N2O5. The van der Waals surface area contributed by atoms with Gasteiger partial charge in [0.05, 0.1) is 19.3 Å². The lowest BCUT2D eigenvalue weighted by molar-refractivity contribution is -0.168. The quantitative estimate of drug-likeness (QED) is 0.186. The topological polar surface area (TPSA) is 124 Å². The number of aliphatic hydroxyl groups is 2. The van der Waals surface area contributed by atoms with Crippen molar-refractivity contribution in [2.45, 2.75) is 90.2 Å². The van der Waals surface area contributed by atoms with Crippen LogP contribution in [0.3, 0.4) is 0 Å². The Hall–Kier alpha value is -1.02. The van der Waals surface area contributed by atoms with Gasteiger partial charge in [-0.05, 0) is 25.2 Å². The smallest absolute Gasteiger partial charge is 0.265 e. The summed E-state index contributed by atoms with van der Waals surface area (Å²) in [6.45, 7) is 3.73. The zero-order chi connectivity index (χ0) is 19.9. The molecule has 0 radical (unpaired) electrons. The van der Waals surface area contributed by atoms with E-state index in [1.807, 2.05) is 0 Å². The maximum absolute atomic E-state index is 11.8. The first kappa shape index (κ1) is 25.0. The van der Waals surface area contributed by atoms with E-state index in [9.17, 15) is 19.9 Å². The number of hydrogen-bond acceptors (Lipinski definition) is 6. The number of carbonyl (C=O) groups is 2. The van der Waals surface area contributed by atoms with Gasteiger partial charge >= 0.3 is 0 Å². The molecule has 0 heterocycles. The van der Waals surface area contributed by atoms with E-state index in [1.165, 1.54) is 0 Å². The summed E-state index contributed by atoms with van der Waals surface area (Å²) in [7, 11) is 0. The second kappa shape index (κ2) is 15.1. The Morgan fingerprint density at radius 3 is 2.19 bits per heavy atom. The predicted molar refractivity (Wildman–Crippen MR) is 101 cm³/mol. The van der Waals surface area contributed by atoms with Gasteiger partial charge in [0, 0.05) is 12.8 Å². The molecule has 0 saturated carbocycles. The third-order valence-electron chi connectivity index (χ3n) is 4.43. The fraction of sp³-hybridized carbons (Fsp3) is 0.895. The zero-order valence-corrected chi connectivity index (χ0v) is 16.4. The first-order chi connectivity index (χ1) is 12.3. The van der Waals surface area contributed by atoms with Gasteiger partial charge in [-0.15, -0.1) is 0 Å². The average Bonchev–Trinajstić information content (AvgIpc) is 2.60. The summed E-state index contributed by atoms with van der Waals surface area (Å²) in [5.41, 5.74) is 5.31. The third kappa shape index (κ3) is 13.2. The molecule has 7 heteroatoms. The van der Waals surface area contributed by atoms with Crippen molar-refractivity contribution in [3.05, 3.63) is 0 Å². The minimum atomic E-state index is -1.16. The lowest BCUT2D eigenvalue weighted by Gasteiger charge is -2.17. The van der Waals surface area contributed by atoms with Crippen molar-refractivity contribution in [1.82, 2.24) is 5.06 Å². The fourth-order valence-corrected chi connectivity index (χ4v) is 2.70. The van der Waals surface area contributed by atoms with E-state index in [1.54, 1.807) is 0 Å². The fourth-order valence-electron chi connectivity index (χ4n) is 2.70. The van der Waals surface area contributed by atoms with Gasteiger partial charge in [-0.25, -0.2) is 5.06 Å². The summed E-state index contributed by atoms with van der Waals surface area (Å²) in [4.78, 5) is 23.2. The summed E-state index contributed by atoms with van der Waals surface area (Å²) in [6, 6.07) is -1.16. The first-order valence-corrected chi connectivity index (χ1v) is 9.84. The van der Waals surface area contributed by atoms with Crippen molar-refractivity contribution < 1.29 is 25.0 Å². The Labute approximate surface area is 157 Å². The van der Waals surface area contributed by atoms with Crippen LogP contribution in [0.4, 0.5) is 0 Å². The number of rotatable bonds is 16. The number of amides is 1. The number of Topliss-reactive ketones (excluding diaryl/α,β-unsaturated/α-hetero) is 1. The predicted octanol–water partition coefficient (Wildman–Crippen LogP) is 2.01. The SMILES string of the molecule is CC(C)CCC[C@H](O)CCCCCCC(=O)CCN(O)C(=O)[C@@H](N)CO. The van der Waals surface area contributed by atoms with Crippen LogP contribution < -0.4 is 5.73 Å². The highest BCUT2D eigenvalue weighted by Crippen LogP contribution is 2.14.